The van der Waals surface area contributed by atoms with E-state index in [0.717, 1.165) is 64.2 Å². The lowest BCUT2D eigenvalue weighted by Gasteiger charge is -2.29. The first-order valence-corrected chi connectivity index (χ1v) is 10.9. The number of carbonyl (C=O) groups excluding carboxylic acids is 2. The lowest BCUT2D eigenvalue weighted by Crippen LogP contribution is -2.44. The Morgan fingerprint density at radius 3 is 1.46 bits per heavy atom. The van der Waals surface area contributed by atoms with Crippen LogP contribution < -0.4 is 10.6 Å². The molecule has 2 amide bonds. The Kier molecular flexibility index (Phi) is 8.24. The van der Waals surface area contributed by atoms with Gasteiger partial charge >= 0.3 is 12.2 Å². The molecule has 2 N–H and O–H groups in total. The van der Waals surface area contributed by atoms with Crippen molar-refractivity contribution in [2.24, 2.45) is 11.8 Å². The maximum Gasteiger partial charge on any atom is 0.407 e. The molecule has 6 nitrogen and oxygen atoms in total. The van der Waals surface area contributed by atoms with Crippen molar-refractivity contribution in [2.75, 3.05) is 13.2 Å². The van der Waals surface area contributed by atoms with Crippen molar-refractivity contribution in [1.82, 2.24) is 10.6 Å². The minimum atomic E-state index is -0.313. The van der Waals surface area contributed by atoms with E-state index in [4.69, 9.17) is 9.47 Å². The highest BCUT2D eigenvalue weighted by Gasteiger charge is 2.25. The Balaban J connectivity index is 1.25. The first-order valence-electron chi connectivity index (χ1n) is 10.9. The van der Waals surface area contributed by atoms with Gasteiger partial charge in [-0.3, -0.25) is 0 Å². The fraction of sp³-hybridized carbons (Fsp3) is 0.727. The van der Waals surface area contributed by atoms with E-state index in [1.54, 1.807) is 0 Å². The van der Waals surface area contributed by atoms with E-state index in [9.17, 15) is 9.59 Å². The van der Waals surface area contributed by atoms with E-state index in [1.165, 1.54) is 0 Å². The van der Waals surface area contributed by atoms with Gasteiger partial charge in [0.15, 0.2) is 0 Å². The van der Waals surface area contributed by atoms with Crippen LogP contribution in [-0.4, -0.2) is 37.5 Å². The lowest BCUT2D eigenvalue weighted by molar-refractivity contribution is 0.112. The van der Waals surface area contributed by atoms with Crippen molar-refractivity contribution in [3.63, 3.8) is 0 Å². The van der Waals surface area contributed by atoms with Gasteiger partial charge in [-0.05, 0) is 76.0 Å². The van der Waals surface area contributed by atoms with Crippen LogP contribution in [0.4, 0.5) is 9.59 Å². The topological polar surface area (TPSA) is 76.7 Å². The maximum atomic E-state index is 12.0. The fourth-order valence-corrected chi connectivity index (χ4v) is 4.20. The zero-order valence-electron chi connectivity index (χ0n) is 16.7. The Bertz CT molecular complexity index is 517. The predicted octanol–water partition coefficient (Wildman–Crippen LogP) is 4.46. The van der Waals surface area contributed by atoms with Crippen molar-refractivity contribution in [3.8, 4) is 0 Å². The number of hydrogen-bond acceptors (Lipinski definition) is 4. The summed E-state index contributed by atoms with van der Waals surface area (Å²) in [6.07, 6.45) is 17.8. The summed E-state index contributed by atoms with van der Waals surface area (Å²) in [5.41, 5.74) is 0. The van der Waals surface area contributed by atoms with Gasteiger partial charge in [-0.2, -0.15) is 0 Å². The number of allylic oxidation sites excluding steroid dienone is 4. The van der Waals surface area contributed by atoms with Gasteiger partial charge in [0.25, 0.3) is 0 Å². The number of amides is 2. The summed E-state index contributed by atoms with van der Waals surface area (Å²) in [6.45, 7) is 0.991. The highest BCUT2D eigenvalue weighted by molar-refractivity contribution is 5.68. The molecule has 6 heteroatoms. The predicted molar refractivity (Wildman–Crippen MR) is 108 cm³/mol. The molecule has 3 rings (SSSR count). The highest BCUT2D eigenvalue weighted by atomic mass is 16.6. The van der Waals surface area contributed by atoms with Crippen LogP contribution in [0.25, 0.3) is 0 Å². The summed E-state index contributed by atoms with van der Waals surface area (Å²) in [5, 5.41) is 5.94. The molecule has 1 saturated carbocycles. The average molecular weight is 391 g/mol. The van der Waals surface area contributed by atoms with Gasteiger partial charge in [0.1, 0.15) is 0 Å². The number of nitrogens with one attached hydrogen (secondary N) is 2. The lowest BCUT2D eigenvalue weighted by atomic mass is 9.91. The molecule has 0 radical (unpaired) electrons. The van der Waals surface area contributed by atoms with Crippen LogP contribution in [-0.2, 0) is 9.47 Å². The molecule has 156 valence electrons. The summed E-state index contributed by atoms with van der Waals surface area (Å²) in [6, 6.07) is 0.253. The Morgan fingerprint density at radius 2 is 1.11 bits per heavy atom. The molecule has 0 unspecified atom stereocenters. The van der Waals surface area contributed by atoms with Crippen LogP contribution in [0.5, 0.6) is 0 Å². The molecule has 28 heavy (non-hydrogen) atoms. The molecule has 3 aliphatic carbocycles. The van der Waals surface area contributed by atoms with Crippen LogP contribution in [0, 0.1) is 11.8 Å². The molecule has 0 aromatic rings. The summed E-state index contributed by atoms with van der Waals surface area (Å²) in [5.74, 6) is 0.901. The number of alkyl carbamates (subject to hydrolysis) is 2. The summed E-state index contributed by atoms with van der Waals surface area (Å²) in [4.78, 5) is 24.0. The molecule has 0 heterocycles. The van der Waals surface area contributed by atoms with E-state index < -0.39 is 0 Å². The molecule has 2 atom stereocenters. The van der Waals surface area contributed by atoms with Crippen molar-refractivity contribution >= 4 is 12.2 Å². The third-order valence-corrected chi connectivity index (χ3v) is 6.03. The standard InChI is InChI=1S/C22H34N2O4/c25-21(27-15-17-7-3-1-4-8-17)23-19-11-13-20(14-12-19)24-22(26)28-16-18-9-5-2-6-10-18/h1-3,5,17-20H,4,6-16H2,(H,23,25)(H,24,26)/t17-,18-,19?,20?/m1/s1. The second-order valence-corrected chi connectivity index (χ2v) is 8.34. The third kappa shape index (κ3) is 7.21. The normalized spacial score (nSPS) is 29.7. The van der Waals surface area contributed by atoms with Gasteiger partial charge in [0, 0.05) is 12.1 Å². The molecule has 0 aromatic carbocycles. The molecule has 0 saturated heterocycles. The SMILES string of the molecule is O=C(NC1CCC(NC(=O)OC[C@@H]2CC=CCC2)CC1)OC[C@@H]1CC=CCC1. The first-order chi connectivity index (χ1) is 13.7. The minimum Gasteiger partial charge on any atom is -0.449 e. The zero-order valence-corrected chi connectivity index (χ0v) is 16.7. The van der Waals surface area contributed by atoms with Crippen LogP contribution in [0.3, 0.4) is 0 Å². The number of hydrogen-bond donors (Lipinski definition) is 2. The molecule has 3 aliphatic rings. The minimum absolute atomic E-state index is 0.127. The molecule has 0 aromatic heterocycles. The molecule has 0 bridgehead atoms. The van der Waals surface area contributed by atoms with Gasteiger partial charge in [0.05, 0.1) is 13.2 Å². The molecular formula is C22H34N2O4. The monoisotopic (exact) mass is 390 g/mol. The van der Waals surface area contributed by atoms with Crippen molar-refractivity contribution in [3.05, 3.63) is 24.3 Å². The second-order valence-electron chi connectivity index (χ2n) is 8.34. The van der Waals surface area contributed by atoms with E-state index in [0.29, 0.717) is 25.0 Å². The third-order valence-electron chi connectivity index (χ3n) is 6.03. The first kappa shape index (κ1) is 20.7. The molecule has 0 aliphatic heterocycles. The number of ether oxygens (including phenoxy) is 2. The van der Waals surface area contributed by atoms with E-state index in [1.807, 2.05) is 0 Å². The van der Waals surface area contributed by atoms with Crippen molar-refractivity contribution in [2.45, 2.75) is 76.3 Å². The van der Waals surface area contributed by atoms with Crippen LogP contribution in [0.2, 0.25) is 0 Å². The summed E-state index contributed by atoms with van der Waals surface area (Å²) >= 11 is 0. The van der Waals surface area contributed by atoms with Crippen LogP contribution >= 0.6 is 0 Å². The van der Waals surface area contributed by atoms with Crippen molar-refractivity contribution in [1.29, 1.82) is 0 Å². The molecule has 1 fully saturated rings. The molecular weight excluding hydrogens is 356 g/mol. The smallest absolute Gasteiger partial charge is 0.407 e. The highest BCUT2D eigenvalue weighted by Crippen LogP contribution is 2.21. The van der Waals surface area contributed by atoms with Gasteiger partial charge < -0.3 is 20.1 Å². The van der Waals surface area contributed by atoms with Crippen LogP contribution in [0.15, 0.2) is 24.3 Å². The number of carbonyl (C=O) groups is 2. The van der Waals surface area contributed by atoms with Crippen molar-refractivity contribution < 1.29 is 19.1 Å². The second kappa shape index (κ2) is 11.1. The van der Waals surface area contributed by atoms with Gasteiger partial charge in [-0.15, -0.1) is 0 Å². The van der Waals surface area contributed by atoms with Gasteiger partial charge in [0.2, 0.25) is 0 Å². The van der Waals surface area contributed by atoms with E-state index in [-0.39, 0.29) is 24.3 Å². The Morgan fingerprint density at radius 1 is 0.679 bits per heavy atom. The Hall–Kier alpha value is -1.98. The van der Waals surface area contributed by atoms with E-state index in [2.05, 4.69) is 34.9 Å². The summed E-state index contributed by atoms with van der Waals surface area (Å²) in [7, 11) is 0. The number of rotatable bonds is 6. The zero-order chi connectivity index (χ0) is 19.6. The Labute approximate surface area is 168 Å². The maximum absolute atomic E-state index is 12.0. The summed E-state index contributed by atoms with van der Waals surface area (Å²) < 4.78 is 10.8. The van der Waals surface area contributed by atoms with E-state index >= 15 is 0 Å². The van der Waals surface area contributed by atoms with Gasteiger partial charge in [-0.1, -0.05) is 24.3 Å². The quantitative estimate of drug-likeness (QED) is 0.657. The van der Waals surface area contributed by atoms with Gasteiger partial charge in [-0.25, -0.2) is 9.59 Å². The largest absolute Gasteiger partial charge is 0.449 e. The van der Waals surface area contributed by atoms with Crippen LogP contribution in [0.1, 0.15) is 64.2 Å². The molecule has 0 spiro atoms. The fourth-order valence-electron chi connectivity index (χ4n) is 4.20. The average Bonchev–Trinajstić information content (AvgIpc) is 2.74.